The van der Waals surface area contributed by atoms with E-state index in [1.54, 1.807) is 0 Å². The predicted molar refractivity (Wildman–Crippen MR) is 57.3 cm³/mol. The molecule has 1 heterocycles. The number of nitrogens with two attached hydrogens (primary N) is 1. The molecule has 1 aliphatic carbocycles. The van der Waals surface area contributed by atoms with Gasteiger partial charge in [0.15, 0.2) is 0 Å². The van der Waals surface area contributed by atoms with Crippen molar-refractivity contribution in [3.05, 3.63) is 17.7 Å². The summed E-state index contributed by atoms with van der Waals surface area (Å²) in [6.07, 6.45) is 7.04. The lowest BCUT2D eigenvalue weighted by Crippen LogP contribution is -2.09. The van der Waals surface area contributed by atoms with Gasteiger partial charge in [-0.1, -0.05) is 13.3 Å². The number of aromatic nitrogens is 2. The highest BCUT2D eigenvalue weighted by atomic mass is 14.9. The summed E-state index contributed by atoms with van der Waals surface area (Å²) in [6, 6.07) is 0. The van der Waals surface area contributed by atoms with Crippen LogP contribution in [-0.4, -0.2) is 16.5 Å². The van der Waals surface area contributed by atoms with Crippen molar-refractivity contribution in [3.8, 4) is 0 Å². The molecule has 0 aliphatic heterocycles. The second-order valence-corrected chi connectivity index (χ2v) is 4.33. The maximum atomic E-state index is 5.53. The van der Waals surface area contributed by atoms with Crippen LogP contribution in [0.3, 0.4) is 0 Å². The van der Waals surface area contributed by atoms with E-state index in [0.717, 1.165) is 24.7 Å². The van der Waals surface area contributed by atoms with Crippen molar-refractivity contribution >= 4 is 0 Å². The molecule has 2 rings (SSSR count). The quantitative estimate of drug-likeness (QED) is 0.769. The molecule has 1 aliphatic rings. The SMILES string of the molecule is CC(CCN)c1ncc(C2CCC2)[nH]1. The maximum Gasteiger partial charge on any atom is 0.109 e. The van der Waals surface area contributed by atoms with E-state index in [-0.39, 0.29) is 0 Å². The Balaban J connectivity index is 2.01. The number of hydrogen-bond donors (Lipinski definition) is 2. The highest BCUT2D eigenvalue weighted by Gasteiger charge is 2.22. The van der Waals surface area contributed by atoms with E-state index in [2.05, 4.69) is 16.9 Å². The molecule has 3 N–H and O–H groups in total. The van der Waals surface area contributed by atoms with Crippen LogP contribution in [0.15, 0.2) is 6.20 Å². The molecule has 0 amide bonds. The lowest BCUT2D eigenvalue weighted by Gasteiger charge is -2.23. The molecule has 1 atom stereocenters. The van der Waals surface area contributed by atoms with E-state index in [1.807, 2.05) is 6.20 Å². The Labute approximate surface area is 85.1 Å². The van der Waals surface area contributed by atoms with E-state index < -0.39 is 0 Å². The van der Waals surface area contributed by atoms with Gasteiger partial charge < -0.3 is 10.7 Å². The van der Waals surface area contributed by atoms with Gasteiger partial charge in [0.1, 0.15) is 5.82 Å². The molecular weight excluding hydrogens is 174 g/mol. The van der Waals surface area contributed by atoms with Crippen LogP contribution in [-0.2, 0) is 0 Å². The zero-order chi connectivity index (χ0) is 9.97. The van der Waals surface area contributed by atoms with E-state index in [1.165, 1.54) is 25.0 Å². The molecule has 0 radical (unpaired) electrons. The summed E-state index contributed by atoms with van der Waals surface area (Å²) in [6.45, 7) is 2.91. The molecular formula is C11H19N3. The average molecular weight is 193 g/mol. The largest absolute Gasteiger partial charge is 0.345 e. The van der Waals surface area contributed by atoms with Crippen molar-refractivity contribution in [2.24, 2.45) is 5.73 Å². The molecule has 0 bridgehead atoms. The normalized spacial score (nSPS) is 19.3. The fourth-order valence-corrected chi connectivity index (χ4v) is 1.92. The lowest BCUT2D eigenvalue weighted by molar-refractivity contribution is 0.411. The van der Waals surface area contributed by atoms with Crippen molar-refractivity contribution < 1.29 is 0 Å². The fraction of sp³-hybridized carbons (Fsp3) is 0.727. The Morgan fingerprint density at radius 3 is 3.00 bits per heavy atom. The van der Waals surface area contributed by atoms with Crippen molar-refractivity contribution in [3.63, 3.8) is 0 Å². The van der Waals surface area contributed by atoms with Gasteiger partial charge in [-0.3, -0.25) is 0 Å². The fourth-order valence-electron chi connectivity index (χ4n) is 1.92. The first kappa shape index (κ1) is 9.71. The van der Waals surface area contributed by atoms with Crippen LogP contribution < -0.4 is 5.73 Å². The van der Waals surface area contributed by atoms with Gasteiger partial charge in [-0.15, -0.1) is 0 Å². The molecule has 0 spiro atoms. The Morgan fingerprint density at radius 2 is 2.43 bits per heavy atom. The highest BCUT2D eigenvalue weighted by molar-refractivity contribution is 5.12. The molecule has 3 heteroatoms. The van der Waals surface area contributed by atoms with Gasteiger partial charge in [0, 0.05) is 23.7 Å². The lowest BCUT2D eigenvalue weighted by atomic mass is 9.83. The van der Waals surface area contributed by atoms with Crippen LogP contribution in [0.4, 0.5) is 0 Å². The molecule has 1 saturated carbocycles. The summed E-state index contributed by atoms with van der Waals surface area (Å²) < 4.78 is 0. The van der Waals surface area contributed by atoms with Crippen LogP contribution in [0.2, 0.25) is 0 Å². The molecule has 78 valence electrons. The smallest absolute Gasteiger partial charge is 0.109 e. The van der Waals surface area contributed by atoms with Crippen molar-refractivity contribution in [1.82, 2.24) is 9.97 Å². The minimum Gasteiger partial charge on any atom is -0.345 e. The Morgan fingerprint density at radius 1 is 1.64 bits per heavy atom. The van der Waals surface area contributed by atoms with E-state index in [9.17, 15) is 0 Å². The molecule has 14 heavy (non-hydrogen) atoms. The topological polar surface area (TPSA) is 54.7 Å². The molecule has 1 unspecified atom stereocenters. The summed E-state index contributed by atoms with van der Waals surface area (Å²) in [5.74, 6) is 2.33. The number of aromatic amines is 1. The summed E-state index contributed by atoms with van der Waals surface area (Å²) >= 11 is 0. The van der Waals surface area contributed by atoms with Crippen molar-refractivity contribution in [2.75, 3.05) is 6.54 Å². The molecule has 3 nitrogen and oxygen atoms in total. The minimum absolute atomic E-state index is 0.467. The predicted octanol–water partition coefficient (Wildman–Crippen LogP) is 2.13. The molecule has 1 fully saturated rings. The first-order valence-corrected chi connectivity index (χ1v) is 5.56. The van der Waals surface area contributed by atoms with E-state index in [4.69, 9.17) is 5.73 Å². The number of imidazole rings is 1. The van der Waals surface area contributed by atoms with Gasteiger partial charge in [0.2, 0.25) is 0 Å². The number of hydrogen-bond acceptors (Lipinski definition) is 2. The third-order valence-electron chi connectivity index (χ3n) is 3.23. The Hall–Kier alpha value is -0.830. The molecule has 1 aromatic heterocycles. The van der Waals surface area contributed by atoms with Crippen LogP contribution in [0.1, 0.15) is 56.0 Å². The van der Waals surface area contributed by atoms with E-state index >= 15 is 0 Å². The molecule has 0 aromatic carbocycles. The maximum absolute atomic E-state index is 5.53. The Kier molecular flexibility index (Phi) is 2.87. The average Bonchev–Trinajstić information content (AvgIpc) is 2.50. The van der Waals surface area contributed by atoms with E-state index in [0.29, 0.717) is 5.92 Å². The number of nitrogens with zero attached hydrogens (tertiary/aromatic N) is 1. The highest BCUT2D eigenvalue weighted by Crippen LogP contribution is 2.35. The van der Waals surface area contributed by atoms with Crippen LogP contribution in [0.5, 0.6) is 0 Å². The molecule has 0 saturated heterocycles. The minimum atomic E-state index is 0.467. The van der Waals surface area contributed by atoms with Crippen LogP contribution in [0, 0.1) is 0 Å². The van der Waals surface area contributed by atoms with Gasteiger partial charge in [-0.05, 0) is 25.8 Å². The Bertz CT molecular complexity index is 288. The van der Waals surface area contributed by atoms with Crippen molar-refractivity contribution in [2.45, 2.75) is 44.4 Å². The van der Waals surface area contributed by atoms with Gasteiger partial charge in [0.05, 0.1) is 0 Å². The summed E-state index contributed by atoms with van der Waals surface area (Å²) in [7, 11) is 0. The summed E-state index contributed by atoms with van der Waals surface area (Å²) in [4.78, 5) is 7.86. The first-order chi connectivity index (χ1) is 6.81. The van der Waals surface area contributed by atoms with Gasteiger partial charge in [0.25, 0.3) is 0 Å². The third-order valence-corrected chi connectivity index (χ3v) is 3.23. The van der Waals surface area contributed by atoms with Gasteiger partial charge >= 0.3 is 0 Å². The summed E-state index contributed by atoms with van der Waals surface area (Å²) in [5, 5.41) is 0. The zero-order valence-corrected chi connectivity index (χ0v) is 8.79. The van der Waals surface area contributed by atoms with Gasteiger partial charge in [-0.25, -0.2) is 4.98 Å². The molecule has 1 aromatic rings. The van der Waals surface area contributed by atoms with Crippen LogP contribution in [0.25, 0.3) is 0 Å². The second kappa shape index (κ2) is 4.13. The number of H-pyrrole nitrogens is 1. The summed E-state index contributed by atoms with van der Waals surface area (Å²) in [5.41, 5.74) is 6.86. The number of rotatable bonds is 4. The van der Waals surface area contributed by atoms with Gasteiger partial charge in [-0.2, -0.15) is 0 Å². The first-order valence-electron chi connectivity index (χ1n) is 5.56. The van der Waals surface area contributed by atoms with Crippen molar-refractivity contribution in [1.29, 1.82) is 0 Å². The zero-order valence-electron chi connectivity index (χ0n) is 8.79. The number of nitrogens with one attached hydrogen (secondary N) is 1. The monoisotopic (exact) mass is 193 g/mol. The van der Waals surface area contributed by atoms with Crippen LogP contribution >= 0.6 is 0 Å². The third kappa shape index (κ3) is 1.82. The standard InChI is InChI=1S/C11H19N3/c1-8(5-6-12)11-13-7-10(14-11)9-3-2-4-9/h7-9H,2-6,12H2,1H3,(H,13,14). The second-order valence-electron chi connectivity index (χ2n) is 4.33.